The molecule has 2 heterocycles. The van der Waals surface area contributed by atoms with Gasteiger partial charge in [0.1, 0.15) is 0 Å². The first-order valence-corrected chi connectivity index (χ1v) is 8.67. The lowest BCUT2D eigenvalue weighted by atomic mass is 10.3. The Hall–Kier alpha value is -1.86. The average Bonchev–Trinajstić information content (AvgIpc) is 3.10. The second-order valence-corrected chi connectivity index (χ2v) is 7.01. The molecule has 0 spiro atoms. The van der Waals surface area contributed by atoms with Crippen LogP contribution in [0.2, 0.25) is 0 Å². The van der Waals surface area contributed by atoms with Crippen LogP contribution in [0.5, 0.6) is 0 Å². The number of aromatic nitrogens is 3. The number of carbonyl (C=O) groups excluding carboxylic acids is 1. The number of thioether (sulfide) groups is 1. The molecular formula is C15H16N4OS2. The minimum atomic E-state index is -0.187. The van der Waals surface area contributed by atoms with Gasteiger partial charge in [-0.25, -0.2) is 9.97 Å². The first kappa shape index (κ1) is 15.1. The number of carbonyl (C=O) groups is 1. The van der Waals surface area contributed by atoms with Crippen LogP contribution in [0.1, 0.15) is 13.3 Å². The van der Waals surface area contributed by atoms with Gasteiger partial charge in [-0.3, -0.25) is 4.79 Å². The third-order valence-electron chi connectivity index (χ3n) is 3.21. The lowest BCUT2D eigenvalue weighted by Crippen LogP contribution is -2.24. The summed E-state index contributed by atoms with van der Waals surface area (Å²) in [7, 11) is 1.92. The lowest BCUT2D eigenvalue weighted by Gasteiger charge is -2.12. The Morgan fingerprint density at radius 2 is 2.27 bits per heavy atom. The van der Waals surface area contributed by atoms with Crippen LogP contribution in [0.4, 0.5) is 5.13 Å². The molecule has 0 aliphatic rings. The van der Waals surface area contributed by atoms with Gasteiger partial charge in [-0.15, -0.1) is 0 Å². The predicted molar refractivity (Wildman–Crippen MR) is 91.4 cm³/mol. The van der Waals surface area contributed by atoms with Crippen LogP contribution >= 0.6 is 23.1 Å². The summed E-state index contributed by atoms with van der Waals surface area (Å²) in [5.74, 6) is -0.0328. The number of hydrogen-bond acceptors (Lipinski definition) is 5. The zero-order valence-electron chi connectivity index (χ0n) is 12.3. The van der Waals surface area contributed by atoms with E-state index in [0.29, 0.717) is 5.13 Å². The van der Waals surface area contributed by atoms with E-state index in [1.807, 2.05) is 49.0 Å². The molecule has 0 saturated heterocycles. The Balaban J connectivity index is 1.72. The predicted octanol–water partition coefficient (Wildman–Crippen LogP) is 3.54. The van der Waals surface area contributed by atoms with Crippen LogP contribution < -0.4 is 5.32 Å². The number of thiazole rings is 1. The first-order chi connectivity index (χ1) is 10.7. The standard InChI is InChI=1S/C15H16N4OS2/c1-3-11(22-15-16-8-9-19(15)2)13(20)18-14-17-10-6-4-5-7-12(10)21-14/h4-9,11H,3H2,1-2H3,(H,17,18,20)/t11-/m0/s1. The molecular weight excluding hydrogens is 316 g/mol. The van der Waals surface area contributed by atoms with Gasteiger partial charge in [0, 0.05) is 19.4 Å². The molecule has 0 unspecified atom stereocenters. The van der Waals surface area contributed by atoms with Crippen LogP contribution in [-0.4, -0.2) is 25.7 Å². The zero-order valence-corrected chi connectivity index (χ0v) is 13.9. The van der Waals surface area contributed by atoms with Gasteiger partial charge in [0.05, 0.1) is 15.5 Å². The fourth-order valence-electron chi connectivity index (χ4n) is 2.03. The maximum atomic E-state index is 12.5. The van der Waals surface area contributed by atoms with Gasteiger partial charge in [0.25, 0.3) is 0 Å². The van der Waals surface area contributed by atoms with E-state index in [1.165, 1.54) is 23.1 Å². The molecule has 0 aliphatic heterocycles. The van der Waals surface area contributed by atoms with Crippen molar-refractivity contribution in [3.8, 4) is 0 Å². The van der Waals surface area contributed by atoms with E-state index >= 15 is 0 Å². The number of aryl methyl sites for hydroxylation is 1. The van der Waals surface area contributed by atoms with Crippen LogP contribution in [0.15, 0.2) is 41.8 Å². The van der Waals surface area contributed by atoms with Crippen LogP contribution in [0.3, 0.4) is 0 Å². The van der Waals surface area contributed by atoms with Crippen molar-refractivity contribution in [2.24, 2.45) is 7.05 Å². The maximum Gasteiger partial charge on any atom is 0.239 e. The minimum Gasteiger partial charge on any atom is -0.329 e. The second-order valence-electron chi connectivity index (χ2n) is 4.81. The summed E-state index contributed by atoms with van der Waals surface area (Å²) in [6.45, 7) is 2.00. The van der Waals surface area contributed by atoms with E-state index in [9.17, 15) is 4.79 Å². The summed E-state index contributed by atoms with van der Waals surface area (Å²) in [5, 5.41) is 4.22. The van der Waals surface area contributed by atoms with Crippen molar-refractivity contribution in [1.29, 1.82) is 0 Å². The number of nitrogens with zero attached hydrogens (tertiary/aromatic N) is 3. The van der Waals surface area contributed by atoms with Crippen molar-refractivity contribution in [3.63, 3.8) is 0 Å². The molecule has 3 rings (SSSR count). The van der Waals surface area contributed by atoms with Crippen molar-refractivity contribution in [3.05, 3.63) is 36.7 Å². The van der Waals surface area contributed by atoms with Gasteiger partial charge in [-0.1, -0.05) is 42.2 Å². The SMILES string of the molecule is CC[C@H](Sc1nccn1C)C(=O)Nc1nc2ccccc2s1. The molecule has 1 N–H and O–H groups in total. The van der Waals surface area contributed by atoms with Crippen molar-refractivity contribution >= 4 is 44.4 Å². The number of fused-ring (bicyclic) bond motifs is 1. The van der Waals surface area contributed by atoms with Gasteiger partial charge in [-0.05, 0) is 18.6 Å². The monoisotopic (exact) mass is 332 g/mol. The Morgan fingerprint density at radius 1 is 1.45 bits per heavy atom. The molecule has 0 bridgehead atoms. The van der Waals surface area contributed by atoms with Gasteiger partial charge < -0.3 is 9.88 Å². The van der Waals surface area contributed by atoms with Gasteiger partial charge in [-0.2, -0.15) is 0 Å². The Bertz CT molecular complexity index is 763. The summed E-state index contributed by atoms with van der Waals surface area (Å²) < 4.78 is 2.99. The smallest absolute Gasteiger partial charge is 0.239 e. The maximum absolute atomic E-state index is 12.5. The number of benzene rings is 1. The number of imidazole rings is 1. The lowest BCUT2D eigenvalue weighted by molar-refractivity contribution is -0.115. The molecule has 0 radical (unpaired) electrons. The van der Waals surface area contributed by atoms with E-state index in [4.69, 9.17) is 0 Å². The number of amides is 1. The molecule has 114 valence electrons. The van der Waals surface area contributed by atoms with Crippen LogP contribution in [-0.2, 0) is 11.8 Å². The highest BCUT2D eigenvalue weighted by Crippen LogP contribution is 2.28. The zero-order chi connectivity index (χ0) is 15.5. The normalized spacial score (nSPS) is 12.5. The second kappa shape index (κ2) is 6.50. The van der Waals surface area contributed by atoms with Crippen molar-refractivity contribution in [2.45, 2.75) is 23.8 Å². The van der Waals surface area contributed by atoms with E-state index in [1.54, 1.807) is 6.20 Å². The molecule has 3 aromatic rings. The minimum absolute atomic E-state index is 0.0328. The molecule has 7 heteroatoms. The van der Waals surface area contributed by atoms with Crippen molar-refractivity contribution < 1.29 is 4.79 Å². The number of nitrogens with one attached hydrogen (secondary N) is 1. The van der Waals surface area contributed by atoms with E-state index in [2.05, 4.69) is 15.3 Å². The summed E-state index contributed by atoms with van der Waals surface area (Å²) in [6, 6.07) is 7.86. The highest BCUT2D eigenvalue weighted by atomic mass is 32.2. The van der Waals surface area contributed by atoms with Gasteiger partial charge in [0.2, 0.25) is 5.91 Å². The summed E-state index contributed by atoms with van der Waals surface area (Å²) in [4.78, 5) is 21.2. The molecule has 1 amide bonds. The van der Waals surface area contributed by atoms with Crippen LogP contribution in [0, 0.1) is 0 Å². The van der Waals surface area contributed by atoms with E-state index in [0.717, 1.165) is 21.8 Å². The van der Waals surface area contributed by atoms with Gasteiger partial charge in [0.15, 0.2) is 10.3 Å². The number of anilines is 1. The summed E-state index contributed by atoms with van der Waals surface area (Å²) in [5.41, 5.74) is 0.910. The fraction of sp³-hybridized carbons (Fsp3) is 0.267. The third kappa shape index (κ3) is 3.15. The Morgan fingerprint density at radius 3 is 2.95 bits per heavy atom. The Kier molecular flexibility index (Phi) is 4.44. The van der Waals surface area contributed by atoms with Crippen LogP contribution in [0.25, 0.3) is 10.2 Å². The highest BCUT2D eigenvalue weighted by molar-refractivity contribution is 8.00. The summed E-state index contributed by atoms with van der Waals surface area (Å²) >= 11 is 2.96. The van der Waals surface area contributed by atoms with Crippen molar-refractivity contribution in [1.82, 2.24) is 14.5 Å². The molecule has 0 fully saturated rings. The molecule has 1 atom stereocenters. The molecule has 22 heavy (non-hydrogen) atoms. The first-order valence-electron chi connectivity index (χ1n) is 6.97. The number of hydrogen-bond donors (Lipinski definition) is 1. The average molecular weight is 332 g/mol. The van der Waals surface area contributed by atoms with Gasteiger partial charge >= 0.3 is 0 Å². The molecule has 1 aromatic carbocycles. The Labute approximate surface area is 136 Å². The molecule has 0 aliphatic carbocycles. The van der Waals surface area contributed by atoms with Crippen molar-refractivity contribution in [2.75, 3.05) is 5.32 Å². The number of para-hydroxylation sites is 1. The van der Waals surface area contributed by atoms with E-state index < -0.39 is 0 Å². The topological polar surface area (TPSA) is 59.8 Å². The van der Waals surface area contributed by atoms with E-state index in [-0.39, 0.29) is 11.2 Å². The summed E-state index contributed by atoms with van der Waals surface area (Å²) in [6.07, 6.45) is 4.34. The third-order valence-corrected chi connectivity index (χ3v) is 5.60. The fourth-order valence-corrected chi connectivity index (χ4v) is 3.83. The quantitative estimate of drug-likeness (QED) is 0.726. The molecule has 5 nitrogen and oxygen atoms in total. The molecule has 2 aromatic heterocycles. The largest absolute Gasteiger partial charge is 0.329 e. The highest BCUT2D eigenvalue weighted by Gasteiger charge is 2.21. The number of rotatable bonds is 5. The molecule has 0 saturated carbocycles.